The molecule has 0 aromatic heterocycles. The number of aryl methyl sites for hydroxylation is 2. The maximum atomic E-state index is 4.29. The van der Waals surface area contributed by atoms with Gasteiger partial charge in [0.2, 0.25) is 0 Å². The Morgan fingerprint density at radius 3 is 2.36 bits per heavy atom. The first-order valence-electron chi connectivity index (χ1n) is 12.6. The highest BCUT2D eigenvalue weighted by Crippen LogP contribution is 2.25. The average molecular weight is 442 g/mol. The number of hydrogen-bond donors (Lipinski definition) is 1. The molecule has 0 saturated carbocycles. The molecule has 0 bridgehead atoms. The monoisotopic (exact) mass is 441 g/mol. The molecule has 4 rings (SSSR count). The first kappa shape index (κ1) is 26.2. The summed E-state index contributed by atoms with van der Waals surface area (Å²) in [7, 11) is 0. The van der Waals surface area contributed by atoms with E-state index in [2.05, 4.69) is 92.2 Å². The third kappa shape index (κ3) is 6.96. The third-order valence-electron chi connectivity index (χ3n) is 5.86. The molecule has 2 aliphatic rings. The van der Waals surface area contributed by atoms with Gasteiger partial charge < -0.3 is 5.32 Å². The predicted octanol–water partition coefficient (Wildman–Crippen LogP) is 7.97. The van der Waals surface area contributed by atoms with Crippen molar-refractivity contribution in [3.05, 3.63) is 106 Å². The standard InChI is InChI=1S/C28H29N.2C2H6.H2/c1-4-22(23-9-5-6-10-23)17-27-19-28(16-13-20(27)2)29-21(3)25-15-14-24-11-7-8-12-26(24)18-25;2*1-2;/h4-5,9-10,13-19,29H,2-3,6-8,11-12H2,1H3;2*1-2H3;1H/b22-4+,27-17-;;;. The number of hydrogen-bond acceptors (Lipinski definition) is 1. The minimum atomic E-state index is 0. The highest BCUT2D eigenvalue weighted by Gasteiger charge is 2.10. The van der Waals surface area contributed by atoms with Gasteiger partial charge in [-0.05, 0) is 102 Å². The van der Waals surface area contributed by atoms with Crippen molar-refractivity contribution in [3.63, 3.8) is 0 Å². The molecule has 0 aliphatic heterocycles. The molecule has 0 saturated heterocycles. The summed E-state index contributed by atoms with van der Waals surface area (Å²) in [6.07, 6.45) is 17.0. The van der Waals surface area contributed by atoms with Gasteiger partial charge in [-0.25, -0.2) is 0 Å². The van der Waals surface area contributed by atoms with Crippen molar-refractivity contribution in [3.8, 4) is 0 Å². The first-order valence-corrected chi connectivity index (χ1v) is 12.6. The average Bonchev–Trinajstić information content (AvgIpc) is 3.41. The number of fused-ring (bicyclic) bond motifs is 1. The maximum Gasteiger partial charge on any atom is 0.0390 e. The van der Waals surface area contributed by atoms with Crippen molar-refractivity contribution < 1.29 is 1.43 Å². The van der Waals surface area contributed by atoms with Crippen molar-refractivity contribution >= 4 is 24.0 Å². The lowest BCUT2D eigenvalue weighted by atomic mass is 9.90. The van der Waals surface area contributed by atoms with Crippen LogP contribution in [-0.2, 0) is 12.8 Å². The predicted molar refractivity (Wildman–Crippen MR) is 152 cm³/mol. The van der Waals surface area contributed by atoms with Gasteiger partial charge in [-0.1, -0.05) is 83.4 Å². The summed E-state index contributed by atoms with van der Waals surface area (Å²) in [5.41, 5.74) is 8.64. The summed E-state index contributed by atoms with van der Waals surface area (Å²) >= 11 is 0. The molecule has 1 nitrogen and oxygen atoms in total. The van der Waals surface area contributed by atoms with E-state index in [-0.39, 0.29) is 1.43 Å². The van der Waals surface area contributed by atoms with Crippen LogP contribution >= 0.6 is 0 Å². The molecule has 0 amide bonds. The van der Waals surface area contributed by atoms with Crippen LogP contribution in [0.2, 0.25) is 0 Å². The Hall–Kier alpha value is -3.06. The largest absolute Gasteiger partial charge is 0.356 e. The zero-order valence-electron chi connectivity index (χ0n) is 21.3. The highest BCUT2D eigenvalue weighted by molar-refractivity contribution is 5.76. The first-order chi connectivity index (χ1) is 16.1. The number of rotatable bonds is 5. The Balaban J connectivity index is 0.00000110. The Kier molecular flexibility index (Phi) is 10.7. The van der Waals surface area contributed by atoms with Gasteiger partial charge in [0.1, 0.15) is 0 Å². The fourth-order valence-electron chi connectivity index (χ4n) is 4.15. The zero-order chi connectivity index (χ0) is 24.2. The molecule has 0 spiro atoms. The summed E-state index contributed by atoms with van der Waals surface area (Å²) in [6, 6.07) is 13.1. The van der Waals surface area contributed by atoms with Crippen molar-refractivity contribution in [2.75, 3.05) is 5.32 Å². The van der Waals surface area contributed by atoms with E-state index >= 15 is 0 Å². The van der Waals surface area contributed by atoms with Crippen molar-refractivity contribution in [1.82, 2.24) is 0 Å². The van der Waals surface area contributed by atoms with Crippen LogP contribution in [-0.4, -0.2) is 0 Å². The van der Waals surface area contributed by atoms with E-state index in [1.807, 2.05) is 27.7 Å². The summed E-state index contributed by atoms with van der Waals surface area (Å²) in [5.74, 6) is 0. The smallest absolute Gasteiger partial charge is 0.0390 e. The number of nitrogens with one attached hydrogen (secondary N) is 1. The molecule has 1 heteroatoms. The molecule has 2 aromatic rings. The van der Waals surface area contributed by atoms with Crippen LogP contribution in [0.3, 0.4) is 0 Å². The molecule has 176 valence electrons. The van der Waals surface area contributed by atoms with Crippen LogP contribution in [0.25, 0.3) is 18.4 Å². The quantitative estimate of drug-likeness (QED) is 0.496. The SMILES string of the molecule is C=C(Nc1ccc(=C)/c(=C\C(=C/C)C2=CCC=C2)c1)c1ccc2c(c1)CCCC2.CC.CC.[HH]. The van der Waals surface area contributed by atoms with E-state index in [0.717, 1.165) is 28.2 Å². The fraction of sp³-hybridized carbons (Fsp3) is 0.312. The van der Waals surface area contributed by atoms with Gasteiger partial charge in [0, 0.05) is 12.8 Å². The molecular weight excluding hydrogens is 398 g/mol. The number of benzene rings is 2. The number of allylic oxidation sites excluding steroid dienone is 6. The van der Waals surface area contributed by atoms with Crippen LogP contribution < -0.4 is 15.8 Å². The molecule has 0 heterocycles. The van der Waals surface area contributed by atoms with Gasteiger partial charge >= 0.3 is 0 Å². The van der Waals surface area contributed by atoms with Gasteiger partial charge in [0.05, 0.1) is 0 Å². The Labute approximate surface area is 203 Å². The molecule has 2 aliphatic carbocycles. The second kappa shape index (κ2) is 13.5. The topological polar surface area (TPSA) is 12.0 Å². The van der Waals surface area contributed by atoms with Crippen LogP contribution in [0.4, 0.5) is 5.69 Å². The van der Waals surface area contributed by atoms with Gasteiger partial charge in [-0.3, -0.25) is 0 Å². The van der Waals surface area contributed by atoms with Gasteiger partial charge in [-0.2, -0.15) is 0 Å². The molecule has 0 unspecified atom stereocenters. The zero-order valence-corrected chi connectivity index (χ0v) is 21.3. The molecule has 2 aromatic carbocycles. The normalized spacial score (nSPS) is 14.9. The maximum absolute atomic E-state index is 4.29. The Bertz CT molecular complexity index is 1150. The van der Waals surface area contributed by atoms with Crippen molar-refractivity contribution in [2.45, 2.75) is 66.7 Å². The van der Waals surface area contributed by atoms with Crippen molar-refractivity contribution in [2.24, 2.45) is 0 Å². The molecule has 0 radical (unpaired) electrons. The van der Waals surface area contributed by atoms with Crippen LogP contribution in [0, 0.1) is 0 Å². The highest BCUT2D eigenvalue weighted by atomic mass is 14.9. The molecule has 0 atom stereocenters. The van der Waals surface area contributed by atoms with Crippen LogP contribution in [0.15, 0.2) is 78.4 Å². The van der Waals surface area contributed by atoms with Gasteiger partial charge in [0.25, 0.3) is 0 Å². The van der Waals surface area contributed by atoms with Gasteiger partial charge in [0.15, 0.2) is 0 Å². The Morgan fingerprint density at radius 2 is 1.70 bits per heavy atom. The fourth-order valence-corrected chi connectivity index (χ4v) is 4.15. The lowest BCUT2D eigenvalue weighted by Gasteiger charge is -2.18. The molecule has 0 fully saturated rings. The summed E-state index contributed by atoms with van der Waals surface area (Å²) in [4.78, 5) is 0. The van der Waals surface area contributed by atoms with E-state index in [4.69, 9.17) is 0 Å². The van der Waals surface area contributed by atoms with E-state index in [0.29, 0.717) is 0 Å². The van der Waals surface area contributed by atoms with E-state index in [9.17, 15) is 0 Å². The second-order valence-electron chi connectivity index (χ2n) is 7.89. The van der Waals surface area contributed by atoms with E-state index < -0.39 is 0 Å². The third-order valence-corrected chi connectivity index (χ3v) is 5.86. The van der Waals surface area contributed by atoms with Gasteiger partial charge in [-0.15, -0.1) is 0 Å². The lowest BCUT2D eigenvalue weighted by molar-refractivity contribution is 0.685. The summed E-state index contributed by atoms with van der Waals surface area (Å²) in [5, 5.41) is 5.66. The van der Waals surface area contributed by atoms with Crippen LogP contribution in [0.1, 0.15) is 72.0 Å². The van der Waals surface area contributed by atoms with Crippen molar-refractivity contribution in [1.29, 1.82) is 0 Å². The van der Waals surface area contributed by atoms with E-state index in [1.54, 1.807) is 0 Å². The molecule has 1 N–H and O–H groups in total. The Morgan fingerprint density at radius 1 is 0.970 bits per heavy atom. The lowest BCUT2D eigenvalue weighted by Crippen LogP contribution is -2.23. The second-order valence-corrected chi connectivity index (χ2v) is 7.89. The summed E-state index contributed by atoms with van der Waals surface area (Å²) < 4.78 is 0. The minimum Gasteiger partial charge on any atom is -0.356 e. The molecular formula is C32H43N. The van der Waals surface area contributed by atoms with Crippen LogP contribution in [0.5, 0.6) is 0 Å². The van der Waals surface area contributed by atoms with E-state index in [1.165, 1.54) is 53.5 Å². The molecule has 33 heavy (non-hydrogen) atoms. The number of anilines is 1. The minimum absolute atomic E-state index is 0. The summed E-state index contributed by atoms with van der Waals surface area (Å²) in [6.45, 7) is 18.6.